The third kappa shape index (κ3) is 2.62. The van der Waals surface area contributed by atoms with E-state index < -0.39 is 11.6 Å². The Morgan fingerprint density at radius 1 is 1.06 bits per heavy atom. The fourth-order valence-electron chi connectivity index (χ4n) is 8.68. The first kappa shape index (κ1) is 21.1. The van der Waals surface area contributed by atoms with E-state index in [1.165, 1.54) is 5.57 Å². The van der Waals surface area contributed by atoms with Crippen LogP contribution in [0.25, 0.3) is 0 Å². The number of hydrogen-bond donors (Lipinski definition) is 3. The second-order valence-corrected chi connectivity index (χ2v) is 11.1. The summed E-state index contributed by atoms with van der Waals surface area (Å²) >= 11 is 0. The summed E-state index contributed by atoms with van der Waals surface area (Å²) in [4.78, 5) is 0. The standard InChI is InChI=1S/C26H36N2O3/c1-17(27-31)26(28-13-5-4-6-14-28)23(30)16-22-20-8-7-18-15-19(29)9-11-24(18,2)21(20)10-12-25(22,26)3/h4-7,13-14,19-23,29-30H,8-12,15-16H2,1-3H3/p+1/t19-,20-,21-,22-,23+,24-,25-,26+/m0/s1. The number of rotatable bonds is 2. The van der Waals surface area contributed by atoms with Crippen LogP contribution in [0.5, 0.6) is 0 Å². The molecule has 0 radical (unpaired) electrons. The number of hydrogen-bond acceptors (Lipinski definition) is 4. The number of aliphatic hydroxyl groups excluding tert-OH is 2. The molecule has 0 aliphatic heterocycles. The summed E-state index contributed by atoms with van der Waals surface area (Å²) in [6.07, 6.45) is 12.3. The monoisotopic (exact) mass is 425 g/mol. The molecule has 0 amide bonds. The first-order chi connectivity index (χ1) is 14.8. The largest absolute Gasteiger partial charge is 0.411 e. The van der Waals surface area contributed by atoms with Gasteiger partial charge in [-0.25, -0.2) is 0 Å². The topological polar surface area (TPSA) is 76.9 Å². The number of oxime groups is 1. The summed E-state index contributed by atoms with van der Waals surface area (Å²) in [6.45, 7) is 6.62. The summed E-state index contributed by atoms with van der Waals surface area (Å²) in [5, 5.41) is 35.5. The molecule has 4 aliphatic carbocycles. The van der Waals surface area contributed by atoms with Crippen molar-refractivity contribution in [3.8, 4) is 0 Å². The highest BCUT2D eigenvalue weighted by Gasteiger charge is 2.74. The highest BCUT2D eigenvalue weighted by atomic mass is 16.4. The molecule has 0 spiro atoms. The summed E-state index contributed by atoms with van der Waals surface area (Å²) in [7, 11) is 0. The molecule has 5 nitrogen and oxygen atoms in total. The van der Waals surface area contributed by atoms with Gasteiger partial charge in [0.05, 0.1) is 6.10 Å². The van der Waals surface area contributed by atoms with Crippen molar-refractivity contribution < 1.29 is 20.0 Å². The molecule has 1 heterocycles. The SMILES string of the molecule is CC(=NO)[C@@]1([n+]2ccccc2)[C@H](O)C[C@H]2[C@H]3CC=C4C[C@@H](O)CC[C@]4(C)[C@H]3CC[C@@]21C. The Kier molecular flexibility index (Phi) is 4.87. The van der Waals surface area contributed by atoms with E-state index in [0.29, 0.717) is 23.5 Å². The molecule has 3 N–H and O–H groups in total. The Morgan fingerprint density at radius 2 is 1.81 bits per heavy atom. The maximum atomic E-state index is 11.7. The lowest BCUT2D eigenvalue weighted by atomic mass is 9.46. The van der Waals surface area contributed by atoms with Crippen molar-refractivity contribution in [2.45, 2.75) is 83.5 Å². The van der Waals surface area contributed by atoms with Gasteiger partial charge in [-0.2, -0.15) is 4.57 Å². The first-order valence-corrected chi connectivity index (χ1v) is 12.0. The van der Waals surface area contributed by atoms with Crippen LogP contribution in [-0.4, -0.2) is 33.3 Å². The van der Waals surface area contributed by atoms with E-state index in [1.54, 1.807) is 0 Å². The Labute approximate surface area is 185 Å². The average molecular weight is 426 g/mol. The van der Waals surface area contributed by atoms with E-state index >= 15 is 0 Å². The molecule has 3 saturated carbocycles. The zero-order valence-corrected chi connectivity index (χ0v) is 19.0. The molecule has 5 rings (SSSR count). The van der Waals surface area contributed by atoms with Crippen molar-refractivity contribution in [1.29, 1.82) is 0 Å². The van der Waals surface area contributed by atoms with Crippen LogP contribution < -0.4 is 4.57 Å². The Hall–Kier alpha value is -1.72. The molecule has 3 fully saturated rings. The van der Waals surface area contributed by atoms with E-state index in [0.717, 1.165) is 44.9 Å². The third-order valence-electron chi connectivity index (χ3n) is 10.1. The molecule has 5 heteroatoms. The maximum absolute atomic E-state index is 11.7. The molecule has 0 bridgehead atoms. The van der Waals surface area contributed by atoms with Crippen LogP contribution in [0.2, 0.25) is 0 Å². The second kappa shape index (κ2) is 7.14. The van der Waals surface area contributed by atoms with Crippen molar-refractivity contribution in [1.82, 2.24) is 0 Å². The van der Waals surface area contributed by atoms with Crippen LogP contribution in [-0.2, 0) is 5.54 Å². The van der Waals surface area contributed by atoms with Gasteiger partial charge in [-0.3, -0.25) is 0 Å². The van der Waals surface area contributed by atoms with E-state index in [1.807, 2.05) is 37.5 Å². The Balaban J connectivity index is 1.61. The van der Waals surface area contributed by atoms with Gasteiger partial charge in [0, 0.05) is 17.5 Å². The predicted octanol–water partition coefficient (Wildman–Crippen LogP) is 3.81. The molecule has 0 saturated heterocycles. The summed E-state index contributed by atoms with van der Waals surface area (Å²) in [5.74, 6) is 1.45. The number of aromatic nitrogens is 1. The Morgan fingerprint density at radius 3 is 2.52 bits per heavy atom. The highest BCUT2D eigenvalue weighted by Crippen LogP contribution is 2.68. The molecule has 1 aromatic heterocycles. The van der Waals surface area contributed by atoms with Gasteiger partial charge in [0.15, 0.2) is 12.4 Å². The maximum Gasteiger partial charge on any atom is 0.239 e. The van der Waals surface area contributed by atoms with Gasteiger partial charge in [-0.15, -0.1) is 0 Å². The van der Waals surface area contributed by atoms with Crippen molar-refractivity contribution in [3.05, 3.63) is 42.2 Å². The first-order valence-electron chi connectivity index (χ1n) is 12.0. The van der Waals surface area contributed by atoms with Gasteiger partial charge in [0.25, 0.3) is 0 Å². The second-order valence-electron chi connectivity index (χ2n) is 11.1. The smallest absolute Gasteiger partial charge is 0.239 e. The summed E-state index contributed by atoms with van der Waals surface area (Å²) < 4.78 is 2.11. The zero-order valence-electron chi connectivity index (χ0n) is 19.0. The van der Waals surface area contributed by atoms with E-state index in [2.05, 4.69) is 29.6 Å². The van der Waals surface area contributed by atoms with Gasteiger partial charge in [0.2, 0.25) is 5.54 Å². The van der Waals surface area contributed by atoms with Crippen molar-refractivity contribution in [2.75, 3.05) is 0 Å². The summed E-state index contributed by atoms with van der Waals surface area (Å²) in [6, 6.07) is 5.97. The molecule has 4 aliphatic rings. The lowest BCUT2D eigenvalue weighted by Gasteiger charge is -2.58. The highest BCUT2D eigenvalue weighted by molar-refractivity contribution is 5.89. The van der Waals surface area contributed by atoms with Gasteiger partial charge >= 0.3 is 0 Å². The fourth-order valence-corrected chi connectivity index (χ4v) is 8.68. The number of allylic oxidation sites excluding steroid dienone is 1. The zero-order chi connectivity index (χ0) is 22.0. The van der Waals surface area contributed by atoms with Gasteiger partial charge in [-0.05, 0) is 75.0 Å². The van der Waals surface area contributed by atoms with Gasteiger partial charge < -0.3 is 15.4 Å². The minimum absolute atomic E-state index is 0.166. The minimum atomic E-state index is -0.744. The average Bonchev–Trinajstić information content (AvgIpc) is 3.01. The van der Waals surface area contributed by atoms with Crippen LogP contribution in [0.3, 0.4) is 0 Å². The van der Waals surface area contributed by atoms with Crippen LogP contribution in [0, 0.1) is 28.6 Å². The van der Waals surface area contributed by atoms with E-state index in [-0.39, 0.29) is 16.9 Å². The normalized spacial score (nSPS) is 47.2. The van der Waals surface area contributed by atoms with E-state index in [9.17, 15) is 15.4 Å². The van der Waals surface area contributed by atoms with E-state index in [4.69, 9.17) is 0 Å². The molecule has 168 valence electrons. The van der Waals surface area contributed by atoms with Crippen LogP contribution in [0.1, 0.15) is 65.7 Å². The van der Waals surface area contributed by atoms with Crippen LogP contribution >= 0.6 is 0 Å². The number of nitrogens with zero attached hydrogens (tertiary/aromatic N) is 2. The number of pyridine rings is 1. The quantitative estimate of drug-likeness (QED) is 0.222. The minimum Gasteiger partial charge on any atom is -0.411 e. The van der Waals surface area contributed by atoms with Crippen molar-refractivity contribution in [3.63, 3.8) is 0 Å². The number of aliphatic hydroxyl groups is 2. The van der Waals surface area contributed by atoms with Gasteiger partial charge in [0.1, 0.15) is 11.8 Å². The van der Waals surface area contributed by atoms with Crippen LogP contribution in [0.15, 0.2) is 47.4 Å². The molecule has 31 heavy (non-hydrogen) atoms. The molecule has 8 atom stereocenters. The molecule has 0 unspecified atom stereocenters. The van der Waals surface area contributed by atoms with Crippen molar-refractivity contribution in [2.24, 2.45) is 33.7 Å². The predicted molar refractivity (Wildman–Crippen MR) is 119 cm³/mol. The van der Waals surface area contributed by atoms with Crippen LogP contribution in [0.4, 0.5) is 0 Å². The molecular weight excluding hydrogens is 388 g/mol. The molecular formula is C26H37N2O3+. The third-order valence-corrected chi connectivity index (χ3v) is 10.1. The number of fused-ring (bicyclic) bond motifs is 5. The fraction of sp³-hybridized carbons (Fsp3) is 0.692. The summed E-state index contributed by atoms with van der Waals surface area (Å²) in [5.41, 5.74) is 1.28. The van der Waals surface area contributed by atoms with Gasteiger partial charge in [-0.1, -0.05) is 36.7 Å². The molecule has 0 aromatic carbocycles. The lowest BCUT2D eigenvalue weighted by molar-refractivity contribution is -0.766. The molecule has 1 aromatic rings. The van der Waals surface area contributed by atoms with Crippen molar-refractivity contribution >= 4 is 5.71 Å². The Bertz CT molecular complexity index is 914. The lowest BCUT2D eigenvalue weighted by Crippen LogP contribution is -2.72.